The van der Waals surface area contributed by atoms with E-state index < -0.39 is 5.91 Å². The van der Waals surface area contributed by atoms with Crippen LogP contribution < -0.4 is 10.5 Å². The number of aromatic nitrogens is 1. The molecule has 0 aliphatic heterocycles. The van der Waals surface area contributed by atoms with Gasteiger partial charge in [0.15, 0.2) is 0 Å². The van der Waals surface area contributed by atoms with Crippen molar-refractivity contribution >= 4 is 5.91 Å². The van der Waals surface area contributed by atoms with Gasteiger partial charge in [-0.25, -0.2) is 0 Å². The zero-order valence-electron chi connectivity index (χ0n) is 19.8. The normalized spacial score (nSPS) is 14.8. The number of carbonyl (C=O) groups excluding carboxylic acids is 1. The number of hydrogen-bond donors (Lipinski definition) is 1. The Morgan fingerprint density at radius 3 is 2.37 bits per heavy atom. The fourth-order valence-electron chi connectivity index (χ4n) is 5.06. The van der Waals surface area contributed by atoms with Gasteiger partial charge >= 0.3 is 0 Å². The van der Waals surface area contributed by atoms with Crippen LogP contribution in [0.1, 0.15) is 51.0 Å². The minimum Gasteiger partial charge on any atom is -0.456 e. The van der Waals surface area contributed by atoms with Crippen molar-refractivity contribution in [3.8, 4) is 11.5 Å². The first-order chi connectivity index (χ1) is 17.1. The number of primary amides is 1. The summed E-state index contributed by atoms with van der Waals surface area (Å²) in [5, 5.41) is 0. The molecule has 0 spiro atoms. The first-order valence-electron chi connectivity index (χ1n) is 11.9. The second-order valence-electron chi connectivity index (χ2n) is 9.07. The summed E-state index contributed by atoms with van der Waals surface area (Å²) in [4.78, 5) is 18.2. The topological polar surface area (TPSA) is 68.4 Å². The standard InChI is InChI=1S/C30H29N3O2/c1-33(20-27(21-8-4-2-5-9-21)22-10-6-3-7-11-22)28-15-12-23-18-24(13-14-25(23)28)35-29-16-17-32-19-26(29)30(31)34/h2-11,13-14,16-19,27-28H,12,15,20H2,1H3,(H2,31,34). The predicted molar refractivity (Wildman–Crippen MR) is 138 cm³/mol. The molecule has 0 bridgehead atoms. The summed E-state index contributed by atoms with van der Waals surface area (Å²) in [5.74, 6) is 0.871. The van der Waals surface area contributed by atoms with Crippen molar-refractivity contribution in [3.05, 3.63) is 125 Å². The van der Waals surface area contributed by atoms with E-state index >= 15 is 0 Å². The van der Waals surface area contributed by atoms with Gasteiger partial charge in [0.25, 0.3) is 5.91 Å². The van der Waals surface area contributed by atoms with Crippen molar-refractivity contribution in [1.82, 2.24) is 9.88 Å². The Bertz CT molecular complexity index is 1270. The maximum Gasteiger partial charge on any atom is 0.254 e. The minimum atomic E-state index is -0.553. The number of fused-ring (bicyclic) bond motifs is 1. The van der Waals surface area contributed by atoms with Crippen LogP contribution in [0.25, 0.3) is 0 Å². The summed E-state index contributed by atoms with van der Waals surface area (Å²) in [6.07, 6.45) is 5.08. The fourth-order valence-corrected chi connectivity index (χ4v) is 5.06. The molecule has 1 aromatic heterocycles. The van der Waals surface area contributed by atoms with Gasteiger partial charge in [-0.3, -0.25) is 14.7 Å². The number of rotatable bonds is 8. The highest BCUT2D eigenvalue weighted by Gasteiger charge is 2.28. The van der Waals surface area contributed by atoms with Crippen molar-refractivity contribution in [1.29, 1.82) is 0 Å². The fraction of sp³-hybridized carbons (Fsp3) is 0.200. The number of pyridine rings is 1. The quantitative estimate of drug-likeness (QED) is 0.363. The second-order valence-corrected chi connectivity index (χ2v) is 9.07. The van der Waals surface area contributed by atoms with Crippen LogP contribution in [0.2, 0.25) is 0 Å². The third kappa shape index (κ3) is 4.96. The summed E-state index contributed by atoms with van der Waals surface area (Å²) in [6.45, 7) is 0.926. The molecule has 1 heterocycles. The number of likely N-dealkylation sites (N-methyl/N-ethyl adjacent to an activating group) is 1. The van der Waals surface area contributed by atoms with Gasteiger partial charge in [0.1, 0.15) is 17.1 Å². The van der Waals surface area contributed by atoms with Crippen LogP contribution in [0.4, 0.5) is 0 Å². The molecule has 5 rings (SSSR count). The van der Waals surface area contributed by atoms with E-state index in [0.717, 1.165) is 19.4 Å². The van der Waals surface area contributed by atoms with E-state index in [-0.39, 0.29) is 5.56 Å². The molecule has 0 fully saturated rings. The van der Waals surface area contributed by atoms with Crippen molar-refractivity contribution < 1.29 is 9.53 Å². The van der Waals surface area contributed by atoms with Gasteiger partial charge in [-0.05, 0) is 60.3 Å². The minimum absolute atomic E-state index is 0.276. The van der Waals surface area contributed by atoms with Gasteiger partial charge in [-0.15, -0.1) is 0 Å². The van der Waals surface area contributed by atoms with Crippen molar-refractivity contribution in [2.24, 2.45) is 5.73 Å². The van der Waals surface area contributed by atoms with Gasteiger partial charge in [0.05, 0.1) is 0 Å². The van der Waals surface area contributed by atoms with Gasteiger partial charge < -0.3 is 10.5 Å². The zero-order chi connectivity index (χ0) is 24.2. The van der Waals surface area contributed by atoms with E-state index in [1.165, 1.54) is 28.5 Å². The summed E-state index contributed by atoms with van der Waals surface area (Å²) in [6, 6.07) is 29.7. The maximum atomic E-state index is 11.7. The largest absolute Gasteiger partial charge is 0.456 e. The first kappa shape index (κ1) is 22.8. The molecule has 1 atom stereocenters. The lowest BCUT2D eigenvalue weighted by Crippen LogP contribution is -2.28. The highest BCUT2D eigenvalue weighted by Crippen LogP contribution is 2.39. The van der Waals surface area contributed by atoms with E-state index in [1.807, 2.05) is 6.07 Å². The van der Waals surface area contributed by atoms with Crippen LogP contribution in [0.15, 0.2) is 97.3 Å². The molecule has 1 aliphatic carbocycles. The van der Waals surface area contributed by atoms with Gasteiger partial charge in [-0.1, -0.05) is 66.7 Å². The van der Waals surface area contributed by atoms with Crippen molar-refractivity contribution in [2.75, 3.05) is 13.6 Å². The van der Waals surface area contributed by atoms with Crippen LogP contribution >= 0.6 is 0 Å². The third-order valence-electron chi connectivity index (χ3n) is 6.84. The van der Waals surface area contributed by atoms with Gasteiger partial charge in [0.2, 0.25) is 0 Å². The molecule has 1 amide bonds. The van der Waals surface area contributed by atoms with E-state index in [2.05, 4.69) is 89.7 Å². The molecule has 5 nitrogen and oxygen atoms in total. The van der Waals surface area contributed by atoms with Crippen LogP contribution in [0.3, 0.4) is 0 Å². The number of aryl methyl sites for hydroxylation is 1. The molecule has 2 N–H and O–H groups in total. The molecular weight excluding hydrogens is 434 g/mol. The highest BCUT2D eigenvalue weighted by molar-refractivity contribution is 5.95. The van der Waals surface area contributed by atoms with Crippen molar-refractivity contribution in [3.63, 3.8) is 0 Å². The first-order valence-corrected chi connectivity index (χ1v) is 11.9. The van der Waals surface area contributed by atoms with Gasteiger partial charge in [-0.2, -0.15) is 0 Å². The third-order valence-corrected chi connectivity index (χ3v) is 6.84. The molecular formula is C30H29N3O2. The number of benzene rings is 3. The monoisotopic (exact) mass is 463 g/mol. The average Bonchev–Trinajstić information content (AvgIpc) is 3.32. The molecule has 4 aromatic rings. The van der Waals surface area contributed by atoms with Crippen LogP contribution in [-0.2, 0) is 6.42 Å². The lowest BCUT2D eigenvalue weighted by atomic mass is 9.90. The average molecular weight is 464 g/mol. The number of hydrogen-bond acceptors (Lipinski definition) is 4. The molecule has 1 aliphatic rings. The molecule has 0 saturated heterocycles. The highest BCUT2D eigenvalue weighted by atomic mass is 16.5. The molecule has 0 radical (unpaired) electrons. The molecule has 1 unspecified atom stereocenters. The Labute approximate surface area is 206 Å². The lowest BCUT2D eigenvalue weighted by molar-refractivity contribution is 0.0997. The van der Waals surface area contributed by atoms with E-state index in [0.29, 0.717) is 23.5 Å². The molecule has 35 heavy (non-hydrogen) atoms. The van der Waals surface area contributed by atoms with Crippen LogP contribution in [0.5, 0.6) is 11.5 Å². The maximum absolute atomic E-state index is 11.7. The SMILES string of the molecule is CN(CC(c1ccccc1)c1ccccc1)C1CCc2cc(Oc3ccncc3C(N)=O)ccc21. The predicted octanol–water partition coefficient (Wildman–Crippen LogP) is 5.72. The molecule has 0 saturated carbocycles. The van der Waals surface area contributed by atoms with Crippen LogP contribution in [-0.4, -0.2) is 29.4 Å². The Morgan fingerprint density at radius 2 is 1.71 bits per heavy atom. The molecule has 176 valence electrons. The Hall–Kier alpha value is -3.96. The zero-order valence-corrected chi connectivity index (χ0v) is 19.8. The van der Waals surface area contributed by atoms with E-state index in [4.69, 9.17) is 10.5 Å². The van der Waals surface area contributed by atoms with Gasteiger partial charge in [0, 0.05) is 30.9 Å². The van der Waals surface area contributed by atoms with E-state index in [1.54, 1.807) is 12.3 Å². The summed E-state index contributed by atoms with van der Waals surface area (Å²) >= 11 is 0. The Balaban J connectivity index is 1.36. The van der Waals surface area contributed by atoms with E-state index in [9.17, 15) is 4.79 Å². The summed E-state index contributed by atoms with van der Waals surface area (Å²) in [5.41, 5.74) is 11.0. The Kier molecular flexibility index (Phi) is 6.59. The van der Waals surface area contributed by atoms with Crippen molar-refractivity contribution in [2.45, 2.75) is 24.8 Å². The number of carbonyl (C=O) groups is 1. The smallest absolute Gasteiger partial charge is 0.254 e. The number of nitrogens with zero attached hydrogens (tertiary/aromatic N) is 2. The summed E-state index contributed by atoms with van der Waals surface area (Å²) < 4.78 is 6.02. The Morgan fingerprint density at radius 1 is 1.03 bits per heavy atom. The molecule has 5 heteroatoms. The molecule has 3 aromatic carbocycles. The second kappa shape index (κ2) is 10.1. The lowest BCUT2D eigenvalue weighted by Gasteiger charge is -2.30. The number of nitrogens with two attached hydrogens (primary N) is 1. The number of amides is 1. The number of ether oxygens (including phenoxy) is 1. The summed E-state index contributed by atoms with van der Waals surface area (Å²) in [7, 11) is 2.22. The van der Waals surface area contributed by atoms with Crippen LogP contribution in [0, 0.1) is 0 Å².